The first-order valence-electron chi connectivity index (χ1n) is 8.32. The Balaban J connectivity index is 2.23. The van der Waals surface area contributed by atoms with Crippen LogP contribution < -0.4 is 4.43 Å². The zero-order valence-electron chi connectivity index (χ0n) is 14.7. The van der Waals surface area contributed by atoms with Crippen molar-refractivity contribution in [1.82, 2.24) is 0 Å². The summed E-state index contributed by atoms with van der Waals surface area (Å²) in [6.45, 7) is 14.5. The molecular weight excluding hydrogens is 292 g/mol. The predicted octanol–water partition coefficient (Wildman–Crippen LogP) is 4.46. The van der Waals surface area contributed by atoms with Crippen molar-refractivity contribution in [1.29, 1.82) is 0 Å². The van der Waals surface area contributed by atoms with Crippen LogP contribution in [-0.2, 0) is 10.3 Å². The molecule has 0 aliphatic carbocycles. The van der Waals surface area contributed by atoms with Gasteiger partial charge >= 0.3 is 0 Å². The highest BCUT2D eigenvalue weighted by Gasteiger charge is 2.47. The van der Waals surface area contributed by atoms with Crippen LogP contribution in [0.15, 0.2) is 24.3 Å². The fourth-order valence-electron chi connectivity index (χ4n) is 3.85. The van der Waals surface area contributed by atoms with E-state index in [1.54, 1.807) is 0 Å². The first-order chi connectivity index (χ1) is 10.2. The van der Waals surface area contributed by atoms with E-state index in [1.165, 1.54) is 0 Å². The first-order valence-corrected chi connectivity index (χ1v) is 10.5. The summed E-state index contributed by atoms with van der Waals surface area (Å²) in [5.41, 5.74) is 1.77. The van der Waals surface area contributed by atoms with Crippen LogP contribution in [-0.4, -0.2) is 26.6 Å². The lowest BCUT2D eigenvalue weighted by atomic mass is 9.92. The first kappa shape index (κ1) is 17.5. The molecule has 1 aliphatic heterocycles. The molecule has 4 heteroatoms. The van der Waals surface area contributed by atoms with Crippen molar-refractivity contribution in [2.75, 3.05) is 13.2 Å². The Bertz CT molecular complexity index is 468. The van der Waals surface area contributed by atoms with Crippen molar-refractivity contribution in [3.05, 3.63) is 29.8 Å². The molecule has 0 aromatic heterocycles. The van der Waals surface area contributed by atoms with Crippen molar-refractivity contribution in [3.8, 4) is 5.75 Å². The van der Waals surface area contributed by atoms with Crippen molar-refractivity contribution < 1.29 is 14.3 Å². The minimum atomic E-state index is -1.91. The van der Waals surface area contributed by atoms with E-state index in [2.05, 4.69) is 41.5 Å². The van der Waals surface area contributed by atoms with E-state index < -0.39 is 13.9 Å². The maximum atomic E-state index is 10.3. The molecule has 0 atom stereocenters. The summed E-state index contributed by atoms with van der Waals surface area (Å²) >= 11 is 0. The molecule has 0 saturated carbocycles. The molecule has 3 nitrogen and oxygen atoms in total. The molecule has 0 bridgehead atoms. The van der Waals surface area contributed by atoms with E-state index in [-0.39, 0.29) is 0 Å². The highest BCUT2D eigenvalue weighted by molar-refractivity contribution is 6.78. The van der Waals surface area contributed by atoms with Crippen molar-refractivity contribution in [2.45, 2.75) is 63.8 Å². The van der Waals surface area contributed by atoms with Gasteiger partial charge < -0.3 is 14.3 Å². The highest BCUT2D eigenvalue weighted by atomic mass is 28.4. The largest absolute Gasteiger partial charge is 0.543 e. The molecule has 1 aromatic carbocycles. The average Bonchev–Trinajstić information content (AvgIpc) is 2.41. The molecule has 0 radical (unpaired) electrons. The topological polar surface area (TPSA) is 38.7 Å². The van der Waals surface area contributed by atoms with Crippen LogP contribution in [0.1, 0.15) is 47.1 Å². The number of aliphatic hydroxyl groups is 1. The Morgan fingerprint density at radius 3 is 1.73 bits per heavy atom. The zero-order chi connectivity index (χ0) is 16.5. The van der Waals surface area contributed by atoms with Gasteiger partial charge in [-0.2, -0.15) is 0 Å². The Hall–Kier alpha value is -0.843. The molecule has 1 aromatic rings. The summed E-state index contributed by atoms with van der Waals surface area (Å²) in [4.78, 5) is 0. The number of rotatable bonds is 6. The van der Waals surface area contributed by atoms with Crippen molar-refractivity contribution >= 4 is 8.32 Å². The van der Waals surface area contributed by atoms with Crippen molar-refractivity contribution in [3.63, 3.8) is 0 Å². The van der Waals surface area contributed by atoms with Gasteiger partial charge in [0.2, 0.25) is 0 Å². The van der Waals surface area contributed by atoms with Gasteiger partial charge in [0.1, 0.15) is 11.4 Å². The third kappa shape index (κ3) is 2.96. The molecule has 1 heterocycles. The lowest BCUT2D eigenvalue weighted by molar-refractivity contribution is -0.184. The van der Waals surface area contributed by atoms with Crippen LogP contribution in [0.5, 0.6) is 5.75 Å². The van der Waals surface area contributed by atoms with Crippen LogP contribution in [0.25, 0.3) is 0 Å². The summed E-state index contributed by atoms with van der Waals surface area (Å²) < 4.78 is 11.8. The number of hydrogen-bond donors (Lipinski definition) is 1. The molecule has 0 unspecified atom stereocenters. The van der Waals surface area contributed by atoms with Gasteiger partial charge in [-0.15, -0.1) is 0 Å². The molecule has 0 amide bonds. The van der Waals surface area contributed by atoms with Gasteiger partial charge in [-0.1, -0.05) is 53.7 Å². The van der Waals surface area contributed by atoms with Gasteiger partial charge in [-0.05, 0) is 34.3 Å². The molecule has 1 aliphatic rings. The smallest absolute Gasteiger partial charge is 0.258 e. The van der Waals surface area contributed by atoms with Crippen molar-refractivity contribution in [2.24, 2.45) is 0 Å². The van der Waals surface area contributed by atoms with E-state index in [1.807, 2.05) is 24.3 Å². The quantitative estimate of drug-likeness (QED) is 0.786. The van der Waals surface area contributed by atoms with Gasteiger partial charge in [0.15, 0.2) is 0 Å². The van der Waals surface area contributed by atoms with E-state index in [0.29, 0.717) is 29.8 Å². The van der Waals surface area contributed by atoms with Crippen LogP contribution in [0, 0.1) is 0 Å². The second-order valence-corrected chi connectivity index (χ2v) is 12.8. The normalized spacial score (nSPS) is 17.9. The maximum absolute atomic E-state index is 10.3. The second-order valence-electron chi connectivity index (χ2n) is 7.47. The van der Waals surface area contributed by atoms with E-state index in [9.17, 15) is 5.11 Å². The predicted molar refractivity (Wildman–Crippen MR) is 92.8 cm³/mol. The Morgan fingerprint density at radius 1 is 0.955 bits per heavy atom. The Labute approximate surface area is 135 Å². The molecule has 124 valence electrons. The minimum Gasteiger partial charge on any atom is -0.543 e. The zero-order valence-corrected chi connectivity index (χ0v) is 15.7. The van der Waals surface area contributed by atoms with Crippen LogP contribution in [0.3, 0.4) is 0 Å². The summed E-state index contributed by atoms with van der Waals surface area (Å²) in [7, 11) is -1.91. The fourth-order valence-corrected chi connectivity index (χ4v) is 9.10. The third-order valence-electron chi connectivity index (χ3n) is 5.08. The van der Waals surface area contributed by atoms with Gasteiger partial charge in [0.05, 0.1) is 13.2 Å². The summed E-state index contributed by atoms with van der Waals surface area (Å²) in [5, 5.41) is 10.3. The summed E-state index contributed by atoms with van der Waals surface area (Å²) in [6, 6.07) is 7.94. The maximum Gasteiger partial charge on any atom is 0.258 e. The number of ether oxygens (including phenoxy) is 1. The lowest BCUT2D eigenvalue weighted by Crippen LogP contribution is -2.50. The minimum absolute atomic E-state index is 0.385. The average molecular weight is 323 g/mol. The Kier molecular flexibility index (Phi) is 5.05. The molecule has 1 saturated heterocycles. The number of hydrogen-bond acceptors (Lipinski definition) is 3. The summed E-state index contributed by atoms with van der Waals surface area (Å²) in [6.07, 6.45) is 0. The van der Waals surface area contributed by atoms with E-state index in [0.717, 1.165) is 11.3 Å². The SMILES string of the molecule is CC(C)[Si](Oc1ccc(C2(O)COC2)cc1)(C(C)C)C(C)C. The number of benzene rings is 1. The van der Waals surface area contributed by atoms with Crippen LogP contribution >= 0.6 is 0 Å². The van der Waals surface area contributed by atoms with Gasteiger partial charge in [0.25, 0.3) is 8.32 Å². The fraction of sp³-hybridized carbons (Fsp3) is 0.667. The lowest BCUT2D eigenvalue weighted by Gasteiger charge is -2.42. The monoisotopic (exact) mass is 322 g/mol. The summed E-state index contributed by atoms with van der Waals surface area (Å²) in [5.74, 6) is 0.926. The van der Waals surface area contributed by atoms with Gasteiger partial charge in [0, 0.05) is 0 Å². The van der Waals surface area contributed by atoms with Gasteiger partial charge in [-0.25, -0.2) is 0 Å². The third-order valence-corrected chi connectivity index (χ3v) is 11.1. The molecule has 1 N–H and O–H groups in total. The van der Waals surface area contributed by atoms with Crippen LogP contribution in [0.2, 0.25) is 16.6 Å². The molecule has 1 fully saturated rings. The highest BCUT2D eigenvalue weighted by Crippen LogP contribution is 2.43. The standard InChI is InChI=1S/C18H30O3Si/c1-13(2)22(14(3)4,15(5)6)21-17-9-7-16(8-10-17)18(19)11-20-12-18/h7-10,13-15,19H,11-12H2,1-6H3. The molecular formula is C18H30O3Si. The second kappa shape index (κ2) is 6.34. The van der Waals surface area contributed by atoms with Gasteiger partial charge in [-0.3, -0.25) is 0 Å². The molecule has 22 heavy (non-hydrogen) atoms. The van der Waals surface area contributed by atoms with E-state index >= 15 is 0 Å². The Morgan fingerprint density at radius 2 is 1.41 bits per heavy atom. The molecule has 0 spiro atoms. The molecule has 2 rings (SSSR count). The van der Waals surface area contributed by atoms with Crippen LogP contribution in [0.4, 0.5) is 0 Å². The van der Waals surface area contributed by atoms with E-state index in [4.69, 9.17) is 9.16 Å².